The molecule has 2 aromatic carbocycles. The third-order valence-electron chi connectivity index (χ3n) is 6.35. The van der Waals surface area contributed by atoms with Crippen LogP contribution in [0.3, 0.4) is 0 Å². The zero-order chi connectivity index (χ0) is 19.5. The minimum Gasteiger partial charge on any atom is -0.368 e. The van der Waals surface area contributed by atoms with Gasteiger partial charge in [0.15, 0.2) is 0 Å². The van der Waals surface area contributed by atoms with Crippen LogP contribution in [0.25, 0.3) is 0 Å². The summed E-state index contributed by atoms with van der Waals surface area (Å²) in [5.41, 5.74) is 5.57. The largest absolute Gasteiger partial charge is 0.368 e. The zero-order valence-corrected chi connectivity index (χ0v) is 20.0. The van der Waals surface area contributed by atoms with Crippen molar-refractivity contribution in [3.8, 4) is 0 Å². The van der Waals surface area contributed by atoms with Crippen LogP contribution in [0.1, 0.15) is 25.0 Å². The lowest BCUT2D eigenvalue weighted by atomic mass is 10.1. The van der Waals surface area contributed by atoms with Crippen LogP contribution in [0.5, 0.6) is 0 Å². The molecule has 0 spiro atoms. The molecule has 0 unspecified atom stereocenters. The average molecular weight is 451 g/mol. The number of rotatable bonds is 4. The van der Waals surface area contributed by atoms with Crippen LogP contribution < -0.4 is 15.1 Å². The van der Waals surface area contributed by atoms with E-state index in [9.17, 15) is 0 Å². The number of hydrogen-bond acceptors (Lipinski definition) is 4. The Morgan fingerprint density at radius 1 is 0.933 bits per heavy atom. The molecule has 30 heavy (non-hydrogen) atoms. The summed E-state index contributed by atoms with van der Waals surface area (Å²) in [6, 6.07) is 19.0. The molecule has 4 rings (SSSR count). The van der Waals surface area contributed by atoms with Gasteiger partial charge >= 0.3 is 0 Å². The highest BCUT2D eigenvalue weighted by Crippen LogP contribution is 2.29. The third-order valence-corrected chi connectivity index (χ3v) is 6.35. The van der Waals surface area contributed by atoms with Gasteiger partial charge in [0.1, 0.15) is 0 Å². The van der Waals surface area contributed by atoms with Gasteiger partial charge in [0.25, 0.3) is 0 Å². The summed E-state index contributed by atoms with van der Waals surface area (Å²) in [4.78, 5) is 7.72. The second-order valence-corrected chi connectivity index (χ2v) is 8.47. The first-order valence-corrected chi connectivity index (χ1v) is 10.7. The van der Waals surface area contributed by atoms with Crippen molar-refractivity contribution >= 4 is 36.2 Å². The predicted molar refractivity (Wildman–Crippen MR) is 134 cm³/mol. The van der Waals surface area contributed by atoms with Crippen molar-refractivity contribution in [1.29, 1.82) is 0 Å². The first kappa shape index (κ1) is 24.8. The highest BCUT2D eigenvalue weighted by atomic mass is 35.5. The molecule has 6 heteroatoms. The van der Waals surface area contributed by atoms with Gasteiger partial charge in [0.2, 0.25) is 0 Å². The quantitative estimate of drug-likeness (QED) is 0.746. The molecule has 2 saturated heterocycles. The normalized spacial score (nSPS) is 22.2. The average Bonchev–Trinajstić information content (AvgIpc) is 2.71. The number of nitrogens with zero attached hydrogens (tertiary/aromatic N) is 3. The van der Waals surface area contributed by atoms with Crippen LogP contribution in [0.4, 0.5) is 11.4 Å². The summed E-state index contributed by atoms with van der Waals surface area (Å²) in [5.74, 6) is 0. The Hall–Kier alpha value is -1.46. The van der Waals surface area contributed by atoms with Crippen molar-refractivity contribution in [1.82, 2.24) is 10.2 Å². The molecule has 0 aromatic heterocycles. The van der Waals surface area contributed by atoms with E-state index in [-0.39, 0.29) is 24.8 Å². The molecule has 0 aliphatic carbocycles. The van der Waals surface area contributed by atoms with Gasteiger partial charge in [-0.15, -0.1) is 24.8 Å². The Morgan fingerprint density at radius 2 is 1.70 bits per heavy atom. The minimum absolute atomic E-state index is 0. The van der Waals surface area contributed by atoms with Gasteiger partial charge in [0, 0.05) is 69.3 Å². The predicted octanol–water partition coefficient (Wildman–Crippen LogP) is 4.35. The van der Waals surface area contributed by atoms with E-state index in [1.54, 1.807) is 0 Å². The monoisotopic (exact) mass is 450 g/mol. The fourth-order valence-corrected chi connectivity index (χ4v) is 4.66. The maximum absolute atomic E-state index is 3.48. The molecule has 2 aromatic rings. The van der Waals surface area contributed by atoms with Crippen LogP contribution in [-0.4, -0.2) is 56.3 Å². The lowest BCUT2D eigenvalue weighted by Gasteiger charge is -2.42. The second kappa shape index (κ2) is 11.2. The van der Waals surface area contributed by atoms with E-state index in [2.05, 4.69) is 89.3 Å². The molecule has 0 bridgehead atoms. The first-order valence-electron chi connectivity index (χ1n) is 10.7. The molecule has 2 aliphatic heterocycles. The number of nitrogens with one attached hydrogen (secondary N) is 1. The van der Waals surface area contributed by atoms with Crippen LogP contribution in [-0.2, 0) is 6.54 Å². The highest BCUT2D eigenvalue weighted by Gasteiger charge is 2.25. The minimum atomic E-state index is 0. The van der Waals surface area contributed by atoms with E-state index in [0.717, 1.165) is 45.8 Å². The summed E-state index contributed by atoms with van der Waals surface area (Å²) in [6.45, 7) is 14.5. The fourth-order valence-electron chi connectivity index (χ4n) is 4.66. The lowest BCUT2D eigenvalue weighted by Crippen LogP contribution is -2.51. The molecular formula is C24H36Cl2N4. The fraction of sp³-hybridized carbons (Fsp3) is 0.500. The van der Waals surface area contributed by atoms with Crippen molar-refractivity contribution in [2.45, 2.75) is 39.4 Å². The molecule has 2 heterocycles. The molecule has 166 valence electrons. The molecule has 0 saturated carbocycles. The number of halogens is 2. The van der Waals surface area contributed by atoms with E-state index in [1.807, 2.05) is 0 Å². The van der Waals surface area contributed by atoms with Crippen LogP contribution in [0, 0.1) is 6.92 Å². The number of aryl methyl sites for hydroxylation is 1. The number of hydrogen-bond donors (Lipinski definition) is 1. The SMILES string of the molecule is Cc1cc(N2CCNC[C@@H]2C)ccc1N1CCN(Cc2ccccc2)[C@H](C)C1.Cl.Cl. The highest BCUT2D eigenvalue weighted by molar-refractivity contribution is 5.85. The molecule has 1 N–H and O–H groups in total. The van der Waals surface area contributed by atoms with Gasteiger partial charge in [-0.2, -0.15) is 0 Å². The van der Waals surface area contributed by atoms with Crippen LogP contribution >= 0.6 is 24.8 Å². The molecule has 4 nitrogen and oxygen atoms in total. The molecular weight excluding hydrogens is 415 g/mol. The van der Waals surface area contributed by atoms with Crippen molar-refractivity contribution in [3.05, 3.63) is 59.7 Å². The first-order chi connectivity index (χ1) is 13.6. The smallest absolute Gasteiger partial charge is 0.0398 e. The van der Waals surface area contributed by atoms with Gasteiger partial charge in [-0.05, 0) is 50.1 Å². The van der Waals surface area contributed by atoms with E-state index >= 15 is 0 Å². The Kier molecular flexibility index (Phi) is 9.30. The molecule has 2 aliphatic rings. The van der Waals surface area contributed by atoms with Crippen molar-refractivity contribution < 1.29 is 0 Å². The number of anilines is 2. The standard InChI is InChI=1S/C24H34N4.2ClH/c1-19-15-23(28-12-11-25-16-20(28)2)9-10-24(19)27-14-13-26(21(3)17-27)18-22-7-5-4-6-8-22;;/h4-10,15,20-21,25H,11-14,16-18H2,1-3H3;2*1H/t20-,21+;;/m0../s1. The van der Waals surface area contributed by atoms with Crippen LogP contribution in [0.15, 0.2) is 48.5 Å². The van der Waals surface area contributed by atoms with Crippen molar-refractivity contribution in [2.75, 3.05) is 49.1 Å². The Morgan fingerprint density at radius 3 is 2.37 bits per heavy atom. The Bertz CT molecular complexity index is 786. The van der Waals surface area contributed by atoms with Gasteiger partial charge < -0.3 is 15.1 Å². The molecule has 0 radical (unpaired) electrons. The van der Waals surface area contributed by atoms with Gasteiger partial charge in [-0.3, -0.25) is 4.90 Å². The number of piperazine rings is 2. The topological polar surface area (TPSA) is 21.8 Å². The zero-order valence-electron chi connectivity index (χ0n) is 18.4. The molecule has 0 amide bonds. The van der Waals surface area contributed by atoms with Gasteiger partial charge in [-0.25, -0.2) is 0 Å². The maximum Gasteiger partial charge on any atom is 0.0398 e. The van der Waals surface area contributed by atoms with E-state index < -0.39 is 0 Å². The van der Waals surface area contributed by atoms with Crippen LogP contribution in [0.2, 0.25) is 0 Å². The Labute approximate surface area is 194 Å². The van der Waals surface area contributed by atoms with E-state index in [0.29, 0.717) is 12.1 Å². The summed E-state index contributed by atoms with van der Waals surface area (Å²) in [6.07, 6.45) is 0. The van der Waals surface area contributed by atoms with Gasteiger partial charge in [0.05, 0.1) is 0 Å². The maximum atomic E-state index is 3.48. The van der Waals surface area contributed by atoms with E-state index in [1.165, 1.54) is 22.5 Å². The third kappa shape index (κ3) is 5.61. The summed E-state index contributed by atoms with van der Waals surface area (Å²) < 4.78 is 0. The van der Waals surface area contributed by atoms with Crippen molar-refractivity contribution in [3.63, 3.8) is 0 Å². The molecule has 2 fully saturated rings. The summed E-state index contributed by atoms with van der Waals surface area (Å²) in [5, 5.41) is 3.48. The lowest BCUT2D eigenvalue weighted by molar-refractivity contribution is 0.181. The number of benzene rings is 2. The molecule has 2 atom stereocenters. The van der Waals surface area contributed by atoms with Gasteiger partial charge in [-0.1, -0.05) is 30.3 Å². The van der Waals surface area contributed by atoms with E-state index in [4.69, 9.17) is 0 Å². The van der Waals surface area contributed by atoms with Crippen molar-refractivity contribution in [2.24, 2.45) is 0 Å². The summed E-state index contributed by atoms with van der Waals surface area (Å²) in [7, 11) is 0. The second-order valence-electron chi connectivity index (χ2n) is 8.47. The Balaban J connectivity index is 0.00000160. The summed E-state index contributed by atoms with van der Waals surface area (Å²) >= 11 is 0.